The van der Waals surface area contributed by atoms with Gasteiger partial charge in [-0.05, 0) is 46.6 Å². The van der Waals surface area contributed by atoms with E-state index in [9.17, 15) is 4.39 Å². The molecule has 0 saturated heterocycles. The van der Waals surface area contributed by atoms with E-state index in [0.717, 1.165) is 17.9 Å². The van der Waals surface area contributed by atoms with Gasteiger partial charge in [-0.1, -0.05) is 13.8 Å². The molecule has 0 aliphatic rings. The molecule has 1 N–H and O–H groups in total. The smallest absolute Gasteiger partial charge is 0.141 e. The van der Waals surface area contributed by atoms with Crippen LogP contribution in [-0.4, -0.2) is 23.1 Å². The summed E-state index contributed by atoms with van der Waals surface area (Å²) in [5.74, 6) is 1.14. The van der Waals surface area contributed by atoms with Crippen LogP contribution in [0, 0.1) is 11.7 Å². The van der Waals surface area contributed by atoms with Gasteiger partial charge in [-0.25, -0.2) is 9.37 Å². The fourth-order valence-corrected chi connectivity index (χ4v) is 2.16. The fourth-order valence-electron chi connectivity index (χ4n) is 2.16. The Morgan fingerprint density at radius 3 is 2.33 bits per heavy atom. The maximum Gasteiger partial charge on any atom is 0.141 e. The highest BCUT2D eigenvalue weighted by Gasteiger charge is 2.19. The second-order valence-electron chi connectivity index (χ2n) is 7.38. The van der Waals surface area contributed by atoms with Gasteiger partial charge in [-0.15, -0.1) is 0 Å². The molecular weight excluding hydrogens is 265 g/mol. The van der Waals surface area contributed by atoms with Gasteiger partial charge >= 0.3 is 0 Å². The largest absolute Gasteiger partial charge is 0.354 e. The standard InChI is InChI=1S/C17H30FN3/c1-12(2)11-21(13(3)4)16-14(8-15(18)10-19-16)9-20-17(5,6)7/h8,10,12-13,20H,9,11H2,1-7H3. The van der Waals surface area contributed by atoms with Crippen LogP contribution < -0.4 is 10.2 Å². The molecular formula is C17H30FN3. The third-order valence-corrected chi connectivity index (χ3v) is 3.18. The Kier molecular flexibility index (Phi) is 6.14. The lowest BCUT2D eigenvalue weighted by atomic mass is 10.1. The van der Waals surface area contributed by atoms with Crippen molar-refractivity contribution in [1.82, 2.24) is 10.3 Å². The average molecular weight is 295 g/mol. The number of nitrogens with zero attached hydrogens (tertiary/aromatic N) is 2. The molecule has 1 rings (SSSR count). The van der Waals surface area contributed by atoms with E-state index in [1.165, 1.54) is 6.20 Å². The van der Waals surface area contributed by atoms with Gasteiger partial charge in [0.05, 0.1) is 6.20 Å². The van der Waals surface area contributed by atoms with E-state index < -0.39 is 0 Å². The van der Waals surface area contributed by atoms with E-state index in [-0.39, 0.29) is 11.4 Å². The molecule has 4 heteroatoms. The van der Waals surface area contributed by atoms with Gasteiger partial charge in [0, 0.05) is 30.2 Å². The number of hydrogen-bond acceptors (Lipinski definition) is 3. The molecule has 120 valence electrons. The molecule has 0 unspecified atom stereocenters. The Bertz CT molecular complexity index is 450. The Morgan fingerprint density at radius 2 is 1.86 bits per heavy atom. The van der Waals surface area contributed by atoms with Gasteiger partial charge < -0.3 is 10.2 Å². The molecule has 3 nitrogen and oxygen atoms in total. The first-order valence-corrected chi connectivity index (χ1v) is 7.76. The Balaban J connectivity index is 3.08. The Hall–Kier alpha value is -1.16. The molecule has 0 bridgehead atoms. The van der Waals surface area contributed by atoms with Gasteiger partial charge in [-0.3, -0.25) is 0 Å². The van der Waals surface area contributed by atoms with E-state index in [2.05, 4.69) is 63.7 Å². The second kappa shape index (κ2) is 7.21. The molecule has 0 saturated carbocycles. The summed E-state index contributed by atoms with van der Waals surface area (Å²) in [6.45, 7) is 16.5. The van der Waals surface area contributed by atoms with Crippen molar-refractivity contribution >= 4 is 5.82 Å². The number of pyridine rings is 1. The summed E-state index contributed by atoms with van der Waals surface area (Å²) in [6, 6.07) is 1.93. The van der Waals surface area contributed by atoms with Crippen molar-refractivity contribution in [2.45, 2.75) is 66.6 Å². The molecule has 0 atom stereocenters. The van der Waals surface area contributed by atoms with Crippen molar-refractivity contribution in [3.05, 3.63) is 23.6 Å². The highest BCUT2D eigenvalue weighted by Crippen LogP contribution is 2.22. The van der Waals surface area contributed by atoms with Crippen molar-refractivity contribution in [3.63, 3.8) is 0 Å². The van der Waals surface area contributed by atoms with Crippen LogP contribution in [0.4, 0.5) is 10.2 Å². The number of nitrogens with one attached hydrogen (secondary N) is 1. The van der Waals surface area contributed by atoms with Crippen LogP contribution >= 0.6 is 0 Å². The molecule has 0 aliphatic heterocycles. The minimum atomic E-state index is -0.280. The highest BCUT2D eigenvalue weighted by molar-refractivity contribution is 5.47. The zero-order valence-electron chi connectivity index (χ0n) is 14.5. The fraction of sp³-hybridized carbons (Fsp3) is 0.706. The van der Waals surface area contributed by atoms with Crippen molar-refractivity contribution in [2.24, 2.45) is 5.92 Å². The quantitative estimate of drug-likeness (QED) is 0.860. The topological polar surface area (TPSA) is 28.2 Å². The monoisotopic (exact) mass is 295 g/mol. The lowest BCUT2D eigenvalue weighted by Gasteiger charge is -2.32. The average Bonchev–Trinajstić information content (AvgIpc) is 2.32. The molecule has 0 radical (unpaired) electrons. The Labute approximate surface area is 129 Å². The van der Waals surface area contributed by atoms with Gasteiger partial charge in [0.15, 0.2) is 0 Å². The molecule has 21 heavy (non-hydrogen) atoms. The van der Waals surface area contributed by atoms with Crippen LogP contribution in [0.1, 0.15) is 54.0 Å². The van der Waals surface area contributed by atoms with E-state index >= 15 is 0 Å². The minimum Gasteiger partial charge on any atom is -0.354 e. The van der Waals surface area contributed by atoms with E-state index in [0.29, 0.717) is 18.5 Å². The first-order chi connectivity index (χ1) is 9.60. The van der Waals surface area contributed by atoms with E-state index in [4.69, 9.17) is 0 Å². The Morgan fingerprint density at radius 1 is 1.24 bits per heavy atom. The molecule has 1 heterocycles. The molecule has 0 aliphatic carbocycles. The SMILES string of the molecule is CC(C)CN(c1ncc(F)cc1CNC(C)(C)C)C(C)C. The summed E-state index contributed by atoms with van der Waals surface area (Å²) in [7, 11) is 0. The van der Waals surface area contributed by atoms with Gasteiger partial charge in [0.25, 0.3) is 0 Å². The zero-order chi connectivity index (χ0) is 16.2. The van der Waals surface area contributed by atoms with E-state index in [1.807, 2.05) is 0 Å². The number of anilines is 1. The molecule has 0 aromatic carbocycles. The van der Waals surface area contributed by atoms with Crippen LogP contribution in [0.25, 0.3) is 0 Å². The second-order valence-corrected chi connectivity index (χ2v) is 7.38. The summed E-state index contributed by atoms with van der Waals surface area (Å²) in [6.07, 6.45) is 1.31. The lowest BCUT2D eigenvalue weighted by molar-refractivity contribution is 0.422. The van der Waals surface area contributed by atoms with Gasteiger partial charge in [0.1, 0.15) is 11.6 Å². The summed E-state index contributed by atoms with van der Waals surface area (Å²) in [5.41, 5.74) is 0.906. The third-order valence-electron chi connectivity index (χ3n) is 3.18. The number of halogens is 1. The molecule has 0 spiro atoms. The van der Waals surface area contributed by atoms with Crippen molar-refractivity contribution in [1.29, 1.82) is 0 Å². The lowest BCUT2D eigenvalue weighted by Crippen LogP contribution is -2.38. The molecule has 1 aromatic heterocycles. The van der Waals surface area contributed by atoms with Crippen molar-refractivity contribution in [2.75, 3.05) is 11.4 Å². The third kappa shape index (κ3) is 6.00. The van der Waals surface area contributed by atoms with Gasteiger partial charge in [-0.2, -0.15) is 0 Å². The van der Waals surface area contributed by atoms with Crippen LogP contribution in [-0.2, 0) is 6.54 Å². The summed E-state index contributed by atoms with van der Waals surface area (Å²) in [5, 5.41) is 3.42. The van der Waals surface area contributed by atoms with Crippen LogP contribution in [0.15, 0.2) is 12.3 Å². The maximum absolute atomic E-state index is 13.6. The maximum atomic E-state index is 13.6. The van der Waals surface area contributed by atoms with Crippen molar-refractivity contribution in [3.8, 4) is 0 Å². The molecule has 0 fully saturated rings. The minimum absolute atomic E-state index is 0.00963. The number of rotatable bonds is 6. The zero-order valence-corrected chi connectivity index (χ0v) is 14.5. The molecule has 1 aromatic rings. The van der Waals surface area contributed by atoms with Gasteiger partial charge in [0.2, 0.25) is 0 Å². The predicted molar refractivity (Wildman–Crippen MR) is 88.1 cm³/mol. The first-order valence-electron chi connectivity index (χ1n) is 7.76. The predicted octanol–water partition coefficient (Wildman–Crippen LogP) is 3.98. The number of hydrogen-bond donors (Lipinski definition) is 1. The summed E-state index contributed by atoms with van der Waals surface area (Å²) in [4.78, 5) is 6.62. The van der Waals surface area contributed by atoms with Crippen LogP contribution in [0.5, 0.6) is 0 Å². The van der Waals surface area contributed by atoms with E-state index in [1.54, 1.807) is 6.07 Å². The summed E-state index contributed by atoms with van der Waals surface area (Å²) >= 11 is 0. The molecule has 0 amide bonds. The first kappa shape index (κ1) is 17.9. The van der Waals surface area contributed by atoms with Crippen LogP contribution in [0.2, 0.25) is 0 Å². The normalized spacial score (nSPS) is 12.3. The van der Waals surface area contributed by atoms with Crippen molar-refractivity contribution < 1.29 is 4.39 Å². The summed E-state index contributed by atoms with van der Waals surface area (Å²) < 4.78 is 13.6. The number of aromatic nitrogens is 1. The van der Waals surface area contributed by atoms with Crippen LogP contribution in [0.3, 0.4) is 0 Å². The highest BCUT2D eigenvalue weighted by atomic mass is 19.1.